The van der Waals surface area contributed by atoms with Gasteiger partial charge >= 0.3 is 0 Å². The summed E-state index contributed by atoms with van der Waals surface area (Å²) in [6.07, 6.45) is 3.94. The molecule has 0 radical (unpaired) electrons. The molecule has 1 heterocycles. The molecule has 0 atom stereocenters. The van der Waals surface area contributed by atoms with Gasteiger partial charge in [0.25, 0.3) is 5.91 Å². The van der Waals surface area contributed by atoms with E-state index in [2.05, 4.69) is 10.6 Å². The molecule has 1 amide bonds. The monoisotopic (exact) mass is 421 g/mol. The van der Waals surface area contributed by atoms with Gasteiger partial charge < -0.3 is 15.5 Å². The molecule has 31 heavy (non-hydrogen) atoms. The molecule has 1 fully saturated rings. The van der Waals surface area contributed by atoms with Gasteiger partial charge in [0.1, 0.15) is 11.6 Å². The van der Waals surface area contributed by atoms with Crippen molar-refractivity contribution in [3.63, 3.8) is 0 Å². The van der Waals surface area contributed by atoms with Crippen LogP contribution in [0.2, 0.25) is 0 Å². The number of hydrogen-bond donors (Lipinski definition) is 2. The Morgan fingerprint density at radius 3 is 2.48 bits per heavy atom. The van der Waals surface area contributed by atoms with Crippen LogP contribution in [0.4, 0.5) is 16.2 Å². The van der Waals surface area contributed by atoms with Crippen LogP contribution >= 0.6 is 0 Å². The summed E-state index contributed by atoms with van der Waals surface area (Å²) >= 11 is 0. The number of benzene rings is 2. The predicted molar refractivity (Wildman–Crippen MR) is 122 cm³/mol. The Kier molecular flexibility index (Phi) is 6.30. The minimum Gasteiger partial charge on any atom is -0.362 e. The molecule has 1 saturated carbocycles. The second-order valence-electron chi connectivity index (χ2n) is 8.33. The number of aromatic nitrogens is 2. The summed E-state index contributed by atoms with van der Waals surface area (Å²) in [5.74, 6) is 1.11. The van der Waals surface area contributed by atoms with Gasteiger partial charge in [-0.3, -0.25) is 4.79 Å². The van der Waals surface area contributed by atoms with E-state index in [9.17, 15) is 9.18 Å². The molecule has 4 rings (SSSR count). The molecule has 1 aromatic heterocycles. The van der Waals surface area contributed by atoms with Gasteiger partial charge in [-0.25, -0.2) is 9.37 Å². The highest BCUT2D eigenvalue weighted by atomic mass is 19.1. The first-order chi connectivity index (χ1) is 15.0. The summed E-state index contributed by atoms with van der Waals surface area (Å²) in [6.45, 7) is 0.567. The lowest BCUT2D eigenvalue weighted by Crippen LogP contribution is -2.34. The molecule has 7 heteroatoms. The highest BCUT2D eigenvalue weighted by Gasteiger charge is 2.23. The van der Waals surface area contributed by atoms with E-state index in [0.29, 0.717) is 24.5 Å². The highest BCUT2D eigenvalue weighted by Crippen LogP contribution is 2.28. The molecule has 0 aliphatic heterocycles. The fourth-order valence-corrected chi connectivity index (χ4v) is 4.14. The smallest absolute Gasteiger partial charge is 0.254 e. The van der Waals surface area contributed by atoms with E-state index in [4.69, 9.17) is 9.97 Å². The van der Waals surface area contributed by atoms with Crippen molar-refractivity contribution in [3.05, 3.63) is 59.9 Å². The maximum absolute atomic E-state index is 13.8. The lowest BCUT2D eigenvalue weighted by molar-refractivity contribution is 0.0939. The normalized spacial score (nSPS) is 18.5. The van der Waals surface area contributed by atoms with E-state index < -0.39 is 5.82 Å². The van der Waals surface area contributed by atoms with Crippen LogP contribution in [0.25, 0.3) is 10.9 Å². The lowest BCUT2D eigenvalue weighted by Gasteiger charge is -2.29. The third kappa shape index (κ3) is 4.93. The molecule has 162 valence electrons. The molecule has 3 aromatic rings. The average Bonchev–Trinajstić information content (AvgIpc) is 2.78. The van der Waals surface area contributed by atoms with Crippen molar-refractivity contribution in [2.24, 2.45) is 5.92 Å². The standard InChI is InChI=1S/C24H28FN5O/c1-30(2)22-19-8-4-6-10-21(19)28-24(29-22)27-17-13-11-16(12-14-17)15-26-23(31)18-7-3-5-9-20(18)25/h3-10,16-17H,11-15H2,1-2H3,(H,26,31)(H,27,28,29)/t16-,17+. The van der Waals surface area contributed by atoms with Crippen molar-refractivity contribution in [2.45, 2.75) is 31.7 Å². The van der Waals surface area contributed by atoms with Crippen LogP contribution < -0.4 is 15.5 Å². The second kappa shape index (κ2) is 9.29. The van der Waals surface area contributed by atoms with Crippen LogP contribution in [0.15, 0.2) is 48.5 Å². The van der Waals surface area contributed by atoms with Crippen molar-refractivity contribution in [3.8, 4) is 0 Å². The predicted octanol–water partition coefficient (Wildman–Crippen LogP) is 4.24. The van der Waals surface area contributed by atoms with E-state index in [1.54, 1.807) is 12.1 Å². The summed E-state index contributed by atoms with van der Waals surface area (Å²) in [7, 11) is 3.97. The lowest BCUT2D eigenvalue weighted by atomic mass is 9.86. The molecule has 0 spiro atoms. The van der Waals surface area contributed by atoms with Crippen LogP contribution in [0.3, 0.4) is 0 Å². The van der Waals surface area contributed by atoms with E-state index >= 15 is 0 Å². The maximum Gasteiger partial charge on any atom is 0.254 e. The van der Waals surface area contributed by atoms with E-state index in [-0.39, 0.29) is 11.5 Å². The van der Waals surface area contributed by atoms with Gasteiger partial charge in [-0.1, -0.05) is 24.3 Å². The Hall–Kier alpha value is -3.22. The fraction of sp³-hybridized carbons (Fsp3) is 0.375. The molecule has 1 aliphatic rings. The van der Waals surface area contributed by atoms with Crippen molar-refractivity contribution in [1.82, 2.24) is 15.3 Å². The van der Waals surface area contributed by atoms with Gasteiger partial charge in [-0.15, -0.1) is 0 Å². The molecule has 6 nitrogen and oxygen atoms in total. The Morgan fingerprint density at radius 1 is 1.03 bits per heavy atom. The number of carbonyl (C=O) groups excluding carboxylic acids is 1. The fourth-order valence-electron chi connectivity index (χ4n) is 4.14. The largest absolute Gasteiger partial charge is 0.362 e. The van der Waals surface area contributed by atoms with Gasteiger partial charge in [0.15, 0.2) is 0 Å². The Morgan fingerprint density at radius 2 is 1.74 bits per heavy atom. The zero-order chi connectivity index (χ0) is 21.8. The number of para-hydroxylation sites is 1. The highest BCUT2D eigenvalue weighted by molar-refractivity contribution is 5.94. The number of hydrogen-bond acceptors (Lipinski definition) is 5. The van der Waals surface area contributed by atoms with Crippen molar-refractivity contribution in [2.75, 3.05) is 30.9 Å². The zero-order valence-corrected chi connectivity index (χ0v) is 17.9. The number of carbonyl (C=O) groups is 1. The second-order valence-corrected chi connectivity index (χ2v) is 8.33. The molecule has 0 saturated heterocycles. The maximum atomic E-state index is 13.8. The Labute approximate surface area is 181 Å². The number of fused-ring (bicyclic) bond motifs is 1. The quantitative estimate of drug-likeness (QED) is 0.623. The number of rotatable bonds is 6. The van der Waals surface area contributed by atoms with Crippen LogP contribution in [0.5, 0.6) is 0 Å². The summed E-state index contributed by atoms with van der Waals surface area (Å²) in [6, 6.07) is 14.4. The Bertz CT molecular complexity index is 1060. The first-order valence-electron chi connectivity index (χ1n) is 10.7. The summed E-state index contributed by atoms with van der Waals surface area (Å²) in [5.41, 5.74) is 1.02. The number of halogens is 1. The SMILES string of the molecule is CN(C)c1nc(N[C@H]2CC[C@@H](CNC(=O)c3ccccc3F)CC2)nc2ccccc12. The van der Waals surface area contributed by atoms with Crippen molar-refractivity contribution in [1.29, 1.82) is 0 Å². The van der Waals surface area contributed by atoms with E-state index in [1.165, 1.54) is 12.1 Å². The minimum atomic E-state index is -0.486. The topological polar surface area (TPSA) is 70.2 Å². The minimum absolute atomic E-state index is 0.100. The number of nitrogens with zero attached hydrogens (tertiary/aromatic N) is 3. The molecular formula is C24H28FN5O. The van der Waals surface area contributed by atoms with E-state index in [0.717, 1.165) is 42.4 Å². The third-order valence-corrected chi connectivity index (χ3v) is 5.86. The average molecular weight is 422 g/mol. The molecule has 2 aromatic carbocycles. The number of anilines is 2. The molecule has 0 unspecified atom stereocenters. The molecular weight excluding hydrogens is 393 g/mol. The van der Waals surface area contributed by atoms with Gasteiger partial charge in [0.2, 0.25) is 5.95 Å². The third-order valence-electron chi connectivity index (χ3n) is 5.86. The first kappa shape index (κ1) is 21.0. The van der Waals surface area contributed by atoms with Crippen molar-refractivity contribution < 1.29 is 9.18 Å². The van der Waals surface area contributed by atoms with E-state index in [1.807, 2.05) is 43.3 Å². The Balaban J connectivity index is 1.32. The molecule has 2 N–H and O–H groups in total. The summed E-state index contributed by atoms with van der Waals surface area (Å²) < 4.78 is 13.8. The summed E-state index contributed by atoms with van der Waals surface area (Å²) in [4.78, 5) is 23.6. The van der Waals surface area contributed by atoms with Crippen LogP contribution in [0.1, 0.15) is 36.0 Å². The number of nitrogens with one attached hydrogen (secondary N) is 2. The van der Waals surface area contributed by atoms with Crippen molar-refractivity contribution >= 4 is 28.6 Å². The number of amides is 1. The van der Waals surface area contributed by atoms with Crippen LogP contribution in [-0.2, 0) is 0 Å². The van der Waals surface area contributed by atoms with Gasteiger partial charge in [-0.2, -0.15) is 4.98 Å². The van der Waals surface area contributed by atoms with Gasteiger partial charge in [0, 0.05) is 32.1 Å². The van der Waals surface area contributed by atoms with Crippen LogP contribution in [-0.4, -0.2) is 42.6 Å². The zero-order valence-electron chi connectivity index (χ0n) is 17.9. The van der Waals surface area contributed by atoms with Gasteiger partial charge in [-0.05, 0) is 55.9 Å². The molecule has 1 aliphatic carbocycles. The summed E-state index contributed by atoms with van der Waals surface area (Å²) in [5, 5.41) is 7.42. The van der Waals surface area contributed by atoms with Gasteiger partial charge in [0.05, 0.1) is 11.1 Å². The first-order valence-corrected chi connectivity index (χ1v) is 10.7. The van der Waals surface area contributed by atoms with Crippen LogP contribution in [0, 0.1) is 11.7 Å². The molecule has 0 bridgehead atoms.